The number of methoxy groups -OCH3 is 1. The summed E-state index contributed by atoms with van der Waals surface area (Å²) in [7, 11) is 1.53. The molecule has 0 saturated heterocycles. The first-order valence-corrected chi connectivity index (χ1v) is 3.97. The van der Waals surface area contributed by atoms with Crippen LogP contribution in [0.2, 0.25) is 0 Å². The number of carbonyl (C=O) groups excluding carboxylic acids is 2. The fourth-order valence-corrected chi connectivity index (χ4v) is 1.08. The number of hydrogen-bond acceptors (Lipinski definition) is 4. The van der Waals surface area contributed by atoms with Gasteiger partial charge >= 0.3 is 0 Å². The number of benzene rings is 1. The van der Waals surface area contributed by atoms with E-state index in [0.29, 0.717) is 16.9 Å². The zero-order valence-electron chi connectivity index (χ0n) is 7.69. The van der Waals surface area contributed by atoms with E-state index in [1.165, 1.54) is 13.2 Å². The fraction of sp³-hybridized carbons (Fsp3) is 0.200. The predicted molar refractivity (Wildman–Crippen MR) is 50.2 cm³/mol. The van der Waals surface area contributed by atoms with Crippen molar-refractivity contribution in [2.75, 3.05) is 7.11 Å². The largest absolute Gasteiger partial charge is 0.497 e. The third-order valence-corrected chi connectivity index (χ3v) is 1.79. The molecule has 14 heavy (non-hydrogen) atoms. The van der Waals surface area contributed by atoms with Crippen molar-refractivity contribution in [1.29, 1.82) is 0 Å². The summed E-state index contributed by atoms with van der Waals surface area (Å²) in [6.45, 7) is 0.148. The lowest BCUT2D eigenvalue weighted by molar-refractivity contribution is 0.112. The van der Waals surface area contributed by atoms with Crippen LogP contribution in [-0.2, 0) is 11.3 Å². The molecule has 0 aromatic heterocycles. The third-order valence-electron chi connectivity index (χ3n) is 1.79. The Morgan fingerprint density at radius 2 is 2.36 bits per heavy atom. The first kappa shape index (κ1) is 10.2. The van der Waals surface area contributed by atoms with Gasteiger partial charge in [-0.3, -0.25) is 4.79 Å². The molecule has 0 amide bonds. The summed E-state index contributed by atoms with van der Waals surface area (Å²) in [5, 5.41) is 0. The molecule has 0 aliphatic rings. The molecule has 0 bridgehead atoms. The lowest BCUT2D eigenvalue weighted by atomic mass is 10.1. The number of isocyanates is 1. The van der Waals surface area contributed by atoms with Crippen LogP contribution >= 0.6 is 0 Å². The molecule has 0 aliphatic heterocycles. The van der Waals surface area contributed by atoms with Crippen molar-refractivity contribution < 1.29 is 14.3 Å². The second-order valence-corrected chi connectivity index (χ2v) is 2.59. The van der Waals surface area contributed by atoms with Crippen LogP contribution in [0, 0.1) is 0 Å². The topological polar surface area (TPSA) is 55.7 Å². The summed E-state index contributed by atoms with van der Waals surface area (Å²) in [4.78, 5) is 23.9. The van der Waals surface area contributed by atoms with E-state index < -0.39 is 0 Å². The maximum atomic E-state index is 10.6. The molecule has 72 valence electrons. The molecule has 1 rings (SSSR count). The van der Waals surface area contributed by atoms with E-state index in [0.717, 1.165) is 6.29 Å². The van der Waals surface area contributed by atoms with E-state index in [-0.39, 0.29) is 6.54 Å². The molecule has 0 unspecified atom stereocenters. The SMILES string of the molecule is COc1ccc(C=O)c(CN=C=O)c1. The number of ether oxygens (including phenoxy) is 1. The van der Waals surface area contributed by atoms with Gasteiger partial charge in [0.05, 0.1) is 13.7 Å². The van der Waals surface area contributed by atoms with Crippen molar-refractivity contribution in [2.45, 2.75) is 6.54 Å². The zero-order chi connectivity index (χ0) is 10.4. The molecule has 1 aromatic carbocycles. The van der Waals surface area contributed by atoms with Gasteiger partial charge in [-0.25, -0.2) is 9.79 Å². The Hall–Kier alpha value is -1.93. The van der Waals surface area contributed by atoms with Gasteiger partial charge < -0.3 is 4.74 Å². The van der Waals surface area contributed by atoms with Crippen molar-refractivity contribution in [3.63, 3.8) is 0 Å². The van der Waals surface area contributed by atoms with Gasteiger partial charge in [0.25, 0.3) is 0 Å². The van der Waals surface area contributed by atoms with E-state index in [2.05, 4.69) is 4.99 Å². The van der Waals surface area contributed by atoms with Crippen LogP contribution < -0.4 is 4.74 Å². The lowest BCUT2D eigenvalue weighted by Crippen LogP contribution is -1.93. The molecule has 0 aliphatic carbocycles. The molecular weight excluding hydrogens is 182 g/mol. The average molecular weight is 191 g/mol. The number of nitrogens with zero attached hydrogens (tertiary/aromatic N) is 1. The summed E-state index contributed by atoms with van der Waals surface area (Å²) in [5.41, 5.74) is 1.16. The molecule has 0 fully saturated rings. The van der Waals surface area contributed by atoms with Crippen LogP contribution in [-0.4, -0.2) is 19.5 Å². The Kier molecular flexibility index (Phi) is 3.58. The van der Waals surface area contributed by atoms with E-state index >= 15 is 0 Å². The van der Waals surface area contributed by atoms with Crippen molar-refractivity contribution in [2.24, 2.45) is 4.99 Å². The van der Waals surface area contributed by atoms with Crippen molar-refractivity contribution in [1.82, 2.24) is 0 Å². The Morgan fingerprint density at radius 3 is 2.93 bits per heavy atom. The Balaban J connectivity index is 3.07. The van der Waals surface area contributed by atoms with Crippen LogP contribution in [0.4, 0.5) is 0 Å². The standard InChI is InChI=1S/C10H9NO3/c1-14-10-3-2-8(6-12)9(4-10)5-11-7-13/h2-4,6H,5H2,1H3. The van der Waals surface area contributed by atoms with Crippen molar-refractivity contribution in [3.05, 3.63) is 29.3 Å². The average Bonchev–Trinajstić information content (AvgIpc) is 2.25. The molecule has 0 N–H and O–H groups in total. The number of hydrogen-bond donors (Lipinski definition) is 0. The van der Waals surface area contributed by atoms with Gasteiger partial charge in [0.15, 0.2) is 0 Å². The molecule has 0 radical (unpaired) electrons. The maximum Gasteiger partial charge on any atom is 0.235 e. The summed E-state index contributed by atoms with van der Waals surface area (Å²) >= 11 is 0. The highest BCUT2D eigenvalue weighted by molar-refractivity contribution is 5.77. The van der Waals surface area contributed by atoms with E-state index in [1.807, 2.05) is 0 Å². The Bertz CT molecular complexity index is 381. The van der Waals surface area contributed by atoms with Gasteiger partial charge in [0, 0.05) is 5.56 Å². The molecule has 0 spiro atoms. The van der Waals surface area contributed by atoms with Crippen LogP contribution in [0.3, 0.4) is 0 Å². The van der Waals surface area contributed by atoms with Gasteiger partial charge in [0.1, 0.15) is 12.0 Å². The summed E-state index contributed by atoms with van der Waals surface area (Å²) in [5.74, 6) is 0.631. The van der Waals surface area contributed by atoms with Crippen LogP contribution in [0.15, 0.2) is 23.2 Å². The van der Waals surface area contributed by atoms with Crippen LogP contribution in [0.1, 0.15) is 15.9 Å². The molecule has 0 saturated carbocycles. The molecule has 0 atom stereocenters. The van der Waals surface area contributed by atoms with E-state index in [9.17, 15) is 9.59 Å². The summed E-state index contributed by atoms with van der Waals surface area (Å²) in [6.07, 6.45) is 2.14. The molecular formula is C10H9NO3. The van der Waals surface area contributed by atoms with Gasteiger partial charge in [0.2, 0.25) is 6.08 Å². The smallest absolute Gasteiger partial charge is 0.235 e. The second kappa shape index (κ2) is 4.94. The summed E-state index contributed by atoms with van der Waals surface area (Å²) in [6, 6.07) is 4.98. The zero-order valence-corrected chi connectivity index (χ0v) is 7.69. The van der Waals surface area contributed by atoms with Crippen LogP contribution in [0.25, 0.3) is 0 Å². The second-order valence-electron chi connectivity index (χ2n) is 2.59. The lowest BCUT2D eigenvalue weighted by Gasteiger charge is -2.03. The normalized spacial score (nSPS) is 8.93. The van der Waals surface area contributed by atoms with Gasteiger partial charge in [-0.05, 0) is 23.8 Å². The highest BCUT2D eigenvalue weighted by Gasteiger charge is 2.02. The number of carbonyl (C=O) groups is 1. The van der Waals surface area contributed by atoms with Crippen molar-refractivity contribution in [3.8, 4) is 5.75 Å². The van der Waals surface area contributed by atoms with Crippen molar-refractivity contribution >= 4 is 12.4 Å². The molecule has 4 heteroatoms. The number of aliphatic imine (C=N–C) groups is 1. The molecule has 0 heterocycles. The fourth-order valence-electron chi connectivity index (χ4n) is 1.08. The minimum atomic E-state index is 0.148. The highest BCUT2D eigenvalue weighted by Crippen LogP contribution is 2.17. The Morgan fingerprint density at radius 1 is 1.57 bits per heavy atom. The summed E-state index contributed by atoms with van der Waals surface area (Å²) < 4.78 is 4.98. The quantitative estimate of drug-likeness (QED) is 0.410. The molecule has 4 nitrogen and oxygen atoms in total. The molecule has 1 aromatic rings. The monoisotopic (exact) mass is 191 g/mol. The van der Waals surface area contributed by atoms with E-state index in [1.54, 1.807) is 18.2 Å². The Labute approximate surface area is 81.2 Å². The van der Waals surface area contributed by atoms with Crippen LogP contribution in [0.5, 0.6) is 5.75 Å². The number of rotatable bonds is 4. The first-order chi connectivity index (χ1) is 6.81. The third kappa shape index (κ3) is 2.28. The van der Waals surface area contributed by atoms with Gasteiger partial charge in [-0.15, -0.1) is 0 Å². The minimum Gasteiger partial charge on any atom is -0.497 e. The predicted octanol–water partition coefficient (Wildman–Crippen LogP) is 1.34. The number of aldehydes is 1. The maximum absolute atomic E-state index is 10.6. The minimum absolute atomic E-state index is 0.148. The van der Waals surface area contributed by atoms with Gasteiger partial charge in [-0.1, -0.05) is 0 Å². The highest BCUT2D eigenvalue weighted by atomic mass is 16.5. The van der Waals surface area contributed by atoms with Gasteiger partial charge in [-0.2, -0.15) is 0 Å². The van der Waals surface area contributed by atoms with E-state index in [4.69, 9.17) is 4.74 Å². The first-order valence-electron chi connectivity index (χ1n) is 3.97.